The first-order chi connectivity index (χ1) is 8.08. The molecule has 1 aromatic carbocycles. The van der Waals surface area contributed by atoms with Crippen molar-refractivity contribution < 1.29 is 9.90 Å². The standard InChI is InChI=1S/C14H21NO2/c1-4-15(5-2)9-8-12-10-11(3)6-7-13(12)14(16)17/h6-7,10H,4-5,8-9H2,1-3H3,(H,16,17). The maximum absolute atomic E-state index is 11.1. The monoisotopic (exact) mass is 235 g/mol. The molecule has 1 aromatic rings. The van der Waals surface area contributed by atoms with Crippen LogP contribution in [0.25, 0.3) is 0 Å². The van der Waals surface area contributed by atoms with Gasteiger partial charge in [0.1, 0.15) is 0 Å². The topological polar surface area (TPSA) is 40.5 Å². The van der Waals surface area contributed by atoms with E-state index < -0.39 is 5.97 Å². The number of aryl methyl sites for hydroxylation is 1. The molecule has 0 spiro atoms. The summed E-state index contributed by atoms with van der Waals surface area (Å²) in [6.45, 7) is 9.16. The second-order valence-corrected chi connectivity index (χ2v) is 4.24. The van der Waals surface area contributed by atoms with E-state index in [0.29, 0.717) is 5.56 Å². The van der Waals surface area contributed by atoms with E-state index in [1.54, 1.807) is 6.07 Å². The summed E-state index contributed by atoms with van der Waals surface area (Å²) in [5.74, 6) is -0.834. The van der Waals surface area contributed by atoms with Crippen LogP contribution >= 0.6 is 0 Å². The van der Waals surface area contributed by atoms with Gasteiger partial charge in [-0.2, -0.15) is 0 Å². The smallest absolute Gasteiger partial charge is 0.335 e. The van der Waals surface area contributed by atoms with Crippen molar-refractivity contribution in [2.75, 3.05) is 19.6 Å². The van der Waals surface area contributed by atoms with Crippen LogP contribution < -0.4 is 0 Å². The molecule has 0 fully saturated rings. The average Bonchev–Trinajstić information content (AvgIpc) is 2.30. The second-order valence-electron chi connectivity index (χ2n) is 4.24. The van der Waals surface area contributed by atoms with Gasteiger partial charge in [0.05, 0.1) is 5.56 Å². The highest BCUT2D eigenvalue weighted by molar-refractivity contribution is 5.89. The predicted octanol–water partition coefficient (Wildman–Crippen LogP) is 2.58. The van der Waals surface area contributed by atoms with Crippen molar-refractivity contribution in [2.24, 2.45) is 0 Å². The van der Waals surface area contributed by atoms with Crippen molar-refractivity contribution in [3.05, 3.63) is 34.9 Å². The van der Waals surface area contributed by atoms with Crippen LogP contribution in [0, 0.1) is 6.92 Å². The predicted molar refractivity (Wildman–Crippen MR) is 69.6 cm³/mol. The summed E-state index contributed by atoms with van der Waals surface area (Å²) in [5.41, 5.74) is 2.48. The summed E-state index contributed by atoms with van der Waals surface area (Å²) >= 11 is 0. The molecule has 0 bridgehead atoms. The zero-order chi connectivity index (χ0) is 12.8. The van der Waals surface area contributed by atoms with Crippen molar-refractivity contribution in [3.63, 3.8) is 0 Å². The summed E-state index contributed by atoms with van der Waals surface area (Å²) < 4.78 is 0. The Bertz CT molecular complexity index is 384. The summed E-state index contributed by atoms with van der Waals surface area (Å²) in [5, 5.41) is 9.12. The third kappa shape index (κ3) is 3.86. The lowest BCUT2D eigenvalue weighted by molar-refractivity contribution is 0.0695. The van der Waals surface area contributed by atoms with Gasteiger partial charge in [-0.05, 0) is 38.1 Å². The molecular formula is C14H21NO2. The normalized spacial score (nSPS) is 10.8. The SMILES string of the molecule is CCN(CC)CCc1cc(C)ccc1C(=O)O. The fraction of sp³-hybridized carbons (Fsp3) is 0.500. The van der Waals surface area contributed by atoms with Gasteiger partial charge in [0, 0.05) is 6.54 Å². The molecule has 1 N–H and O–H groups in total. The number of rotatable bonds is 6. The number of carbonyl (C=O) groups is 1. The number of carboxylic acid groups (broad SMARTS) is 1. The molecule has 0 heterocycles. The van der Waals surface area contributed by atoms with Crippen LogP contribution in [-0.4, -0.2) is 35.6 Å². The maximum Gasteiger partial charge on any atom is 0.335 e. The van der Waals surface area contributed by atoms with Gasteiger partial charge in [-0.1, -0.05) is 31.5 Å². The number of hydrogen-bond donors (Lipinski definition) is 1. The van der Waals surface area contributed by atoms with E-state index in [-0.39, 0.29) is 0 Å². The quantitative estimate of drug-likeness (QED) is 0.824. The number of aromatic carboxylic acids is 1. The van der Waals surface area contributed by atoms with Crippen LogP contribution in [0.15, 0.2) is 18.2 Å². The van der Waals surface area contributed by atoms with E-state index in [9.17, 15) is 4.79 Å². The van der Waals surface area contributed by atoms with Crippen LogP contribution in [0.3, 0.4) is 0 Å². The Balaban J connectivity index is 2.81. The lowest BCUT2D eigenvalue weighted by Gasteiger charge is -2.18. The lowest BCUT2D eigenvalue weighted by atomic mass is 10.0. The fourth-order valence-corrected chi connectivity index (χ4v) is 1.96. The van der Waals surface area contributed by atoms with Gasteiger partial charge in [0.25, 0.3) is 0 Å². The van der Waals surface area contributed by atoms with Gasteiger partial charge in [0.2, 0.25) is 0 Å². The molecule has 0 aliphatic heterocycles. The number of nitrogens with zero attached hydrogens (tertiary/aromatic N) is 1. The largest absolute Gasteiger partial charge is 0.478 e. The molecule has 3 heteroatoms. The van der Waals surface area contributed by atoms with Crippen LogP contribution in [0.1, 0.15) is 35.3 Å². The molecule has 0 atom stereocenters. The van der Waals surface area contributed by atoms with Gasteiger partial charge in [-0.25, -0.2) is 4.79 Å². The van der Waals surface area contributed by atoms with Crippen molar-refractivity contribution >= 4 is 5.97 Å². The average molecular weight is 235 g/mol. The molecule has 1 rings (SSSR count). The lowest BCUT2D eigenvalue weighted by Crippen LogP contribution is -2.25. The minimum absolute atomic E-state index is 0.433. The van der Waals surface area contributed by atoms with Crippen LogP contribution in [0.5, 0.6) is 0 Å². The van der Waals surface area contributed by atoms with E-state index >= 15 is 0 Å². The van der Waals surface area contributed by atoms with Gasteiger partial charge in [0.15, 0.2) is 0 Å². The maximum atomic E-state index is 11.1. The first-order valence-corrected chi connectivity index (χ1v) is 6.13. The highest BCUT2D eigenvalue weighted by Gasteiger charge is 2.10. The first-order valence-electron chi connectivity index (χ1n) is 6.13. The Kier molecular flexibility index (Phi) is 5.16. The van der Waals surface area contributed by atoms with Gasteiger partial charge >= 0.3 is 5.97 Å². The van der Waals surface area contributed by atoms with Gasteiger partial charge in [-0.3, -0.25) is 0 Å². The van der Waals surface area contributed by atoms with Gasteiger partial charge in [-0.15, -0.1) is 0 Å². The number of likely N-dealkylation sites (N-methyl/N-ethyl adjacent to an activating group) is 1. The van der Waals surface area contributed by atoms with Crippen LogP contribution in [0.4, 0.5) is 0 Å². The van der Waals surface area contributed by atoms with E-state index in [1.807, 2.05) is 19.1 Å². The van der Waals surface area contributed by atoms with E-state index in [2.05, 4.69) is 18.7 Å². The molecule has 0 aliphatic carbocycles. The molecule has 0 unspecified atom stereocenters. The number of carboxylic acids is 1. The highest BCUT2D eigenvalue weighted by atomic mass is 16.4. The molecule has 17 heavy (non-hydrogen) atoms. The Morgan fingerprint density at radius 2 is 1.94 bits per heavy atom. The van der Waals surface area contributed by atoms with E-state index in [1.165, 1.54) is 0 Å². The Hall–Kier alpha value is -1.35. The zero-order valence-electron chi connectivity index (χ0n) is 10.9. The zero-order valence-corrected chi connectivity index (χ0v) is 10.9. The minimum atomic E-state index is -0.834. The summed E-state index contributed by atoms with van der Waals surface area (Å²) in [6.07, 6.45) is 0.797. The summed E-state index contributed by atoms with van der Waals surface area (Å²) in [4.78, 5) is 13.4. The molecule has 0 saturated carbocycles. The third-order valence-corrected chi connectivity index (χ3v) is 3.08. The molecular weight excluding hydrogens is 214 g/mol. The van der Waals surface area contributed by atoms with Crippen molar-refractivity contribution in [1.82, 2.24) is 4.90 Å². The molecule has 94 valence electrons. The third-order valence-electron chi connectivity index (χ3n) is 3.08. The second kappa shape index (κ2) is 6.40. The highest BCUT2D eigenvalue weighted by Crippen LogP contribution is 2.13. The molecule has 3 nitrogen and oxygen atoms in total. The molecule has 0 radical (unpaired) electrons. The first kappa shape index (κ1) is 13.7. The van der Waals surface area contributed by atoms with Crippen molar-refractivity contribution in [3.8, 4) is 0 Å². The molecule has 0 saturated heterocycles. The van der Waals surface area contributed by atoms with Crippen LogP contribution in [-0.2, 0) is 6.42 Å². The fourth-order valence-electron chi connectivity index (χ4n) is 1.96. The Labute approximate surface area is 103 Å². The molecule has 0 aromatic heterocycles. The Morgan fingerprint density at radius 1 is 1.29 bits per heavy atom. The molecule has 0 aliphatic rings. The number of benzene rings is 1. The number of hydrogen-bond acceptors (Lipinski definition) is 2. The minimum Gasteiger partial charge on any atom is -0.478 e. The molecule has 0 amide bonds. The van der Waals surface area contributed by atoms with Crippen molar-refractivity contribution in [1.29, 1.82) is 0 Å². The van der Waals surface area contributed by atoms with Crippen LogP contribution in [0.2, 0.25) is 0 Å². The van der Waals surface area contributed by atoms with Gasteiger partial charge < -0.3 is 10.0 Å². The summed E-state index contributed by atoms with van der Waals surface area (Å²) in [6, 6.07) is 5.53. The Morgan fingerprint density at radius 3 is 2.47 bits per heavy atom. The van der Waals surface area contributed by atoms with Crippen molar-refractivity contribution in [2.45, 2.75) is 27.2 Å². The summed E-state index contributed by atoms with van der Waals surface area (Å²) in [7, 11) is 0. The van der Waals surface area contributed by atoms with E-state index in [0.717, 1.165) is 37.2 Å². The van der Waals surface area contributed by atoms with E-state index in [4.69, 9.17) is 5.11 Å².